The Hall–Kier alpha value is -1.40. The van der Waals surface area contributed by atoms with Gasteiger partial charge in [-0.3, -0.25) is 9.48 Å². The Kier molecular flexibility index (Phi) is 4.49. The van der Waals surface area contributed by atoms with Gasteiger partial charge in [0.05, 0.1) is 17.3 Å². The number of amides is 1. The van der Waals surface area contributed by atoms with Gasteiger partial charge in [-0.2, -0.15) is 16.9 Å². The highest BCUT2D eigenvalue weighted by atomic mass is 35.5. The largest absolute Gasteiger partial charge is 0.345 e. The maximum Gasteiger partial charge on any atom is 0.271 e. The quantitative estimate of drug-likeness (QED) is 0.864. The first-order chi connectivity index (χ1) is 10.6. The Balaban J connectivity index is 1.89. The summed E-state index contributed by atoms with van der Waals surface area (Å²) in [6.07, 6.45) is 5.67. The van der Waals surface area contributed by atoms with Crippen molar-refractivity contribution in [3.63, 3.8) is 0 Å². The molecule has 0 spiro atoms. The van der Waals surface area contributed by atoms with Gasteiger partial charge in [0.15, 0.2) is 0 Å². The summed E-state index contributed by atoms with van der Waals surface area (Å²) in [5.74, 6) is 1.89. The predicted molar refractivity (Wildman–Crippen MR) is 89.4 cm³/mol. The number of carbonyl (C=O) groups is 1. The van der Waals surface area contributed by atoms with E-state index in [4.69, 9.17) is 11.6 Å². The predicted octanol–water partition coefficient (Wildman–Crippen LogP) is 2.83. The molecule has 1 aliphatic rings. The van der Waals surface area contributed by atoms with Crippen molar-refractivity contribution < 1.29 is 4.79 Å². The van der Waals surface area contributed by atoms with Crippen molar-refractivity contribution in [2.75, 3.05) is 18.1 Å². The first-order valence-corrected chi connectivity index (χ1v) is 8.86. The van der Waals surface area contributed by atoms with Crippen molar-refractivity contribution >= 4 is 29.3 Å². The molecule has 0 saturated carbocycles. The first kappa shape index (κ1) is 15.5. The average molecular weight is 339 g/mol. The lowest BCUT2D eigenvalue weighted by Gasteiger charge is -2.35. The lowest BCUT2D eigenvalue weighted by molar-refractivity contribution is 0.0691. The van der Waals surface area contributed by atoms with Crippen LogP contribution in [0.3, 0.4) is 0 Å². The molecule has 3 heterocycles. The van der Waals surface area contributed by atoms with E-state index in [9.17, 15) is 4.79 Å². The first-order valence-electron chi connectivity index (χ1n) is 7.33. The summed E-state index contributed by atoms with van der Waals surface area (Å²) >= 11 is 7.89. The van der Waals surface area contributed by atoms with E-state index < -0.39 is 0 Å². The number of hydrogen-bond acceptors (Lipinski definition) is 3. The van der Waals surface area contributed by atoms with Gasteiger partial charge < -0.3 is 9.47 Å². The Bertz CT molecular complexity index is 681. The van der Waals surface area contributed by atoms with E-state index in [1.54, 1.807) is 16.8 Å². The van der Waals surface area contributed by atoms with Crippen molar-refractivity contribution in [3.05, 3.63) is 40.9 Å². The molecule has 1 aliphatic heterocycles. The minimum atomic E-state index is 0.0314. The standard InChI is InChI=1S/C15H19ClN4OS/c1-3-19-8-11(7-17-19)14-10-22-5-4-20(14)15(21)13-6-12(16)9-18(13)2/h6-9,14H,3-5,10H2,1-2H3. The van der Waals surface area contributed by atoms with Crippen LogP contribution in [0.5, 0.6) is 0 Å². The molecule has 5 nitrogen and oxygen atoms in total. The van der Waals surface area contributed by atoms with E-state index in [1.165, 1.54) is 0 Å². The molecular weight excluding hydrogens is 320 g/mol. The highest BCUT2D eigenvalue weighted by Crippen LogP contribution is 2.31. The van der Waals surface area contributed by atoms with Crippen molar-refractivity contribution in [2.45, 2.75) is 19.5 Å². The van der Waals surface area contributed by atoms with Gasteiger partial charge in [-0.15, -0.1) is 0 Å². The number of aryl methyl sites for hydroxylation is 2. The number of thioether (sulfide) groups is 1. The molecule has 0 aliphatic carbocycles. The van der Waals surface area contributed by atoms with Gasteiger partial charge in [0.25, 0.3) is 5.91 Å². The fourth-order valence-corrected chi connectivity index (χ4v) is 4.07. The highest BCUT2D eigenvalue weighted by molar-refractivity contribution is 7.99. The number of carbonyl (C=O) groups excluding carboxylic acids is 1. The third kappa shape index (κ3) is 2.90. The number of hydrogen-bond donors (Lipinski definition) is 0. The van der Waals surface area contributed by atoms with Gasteiger partial charge in [-0.25, -0.2) is 0 Å². The molecule has 0 bridgehead atoms. The molecule has 2 aromatic rings. The summed E-state index contributed by atoms with van der Waals surface area (Å²) in [6.45, 7) is 3.64. The molecule has 2 aromatic heterocycles. The molecule has 1 fully saturated rings. The molecular formula is C15H19ClN4OS. The molecule has 0 N–H and O–H groups in total. The summed E-state index contributed by atoms with van der Waals surface area (Å²) in [4.78, 5) is 14.8. The van der Waals surface area contributed by atoms with E-state index in [0.29, 0.717) is 10.7 Å². The fraction of sp³-hybridized carbons (Fsp3) is 0.467. The molecule has 22 heavy (non-hydrogen) atoms. The van der Waals surface area contributed by atoms with Crippen LogP contribution in [-0.2, 0) is 13.6 Å². The zero-order valence-corrected chi connectivity index (χ0v) is 14.3. The summed E-state index contributed by atoms with van der Waals surface area (Å²) in [7, 11) is 1.85. The van der Waals surface area contributed by atoms with E-state index in [-0.39, 0.29) is 11.9 Å². The third-order valence-electron chi connectivity index (χ3n) is 3.94. The molecule has 1 amide bonds. The number of rotatable bonds is 3. The van der Waals surface area contributed by atoms with Crippen molar-refractivity contribution in [1.82, 2.24) is 19.2 Å². The van der Waals surface area contributed by atoms with E-state index in [1.807, 2.05) is 40.8 Å². The van der Waals surface area contributed by atoms with Crippen LogP contribution >= 0.6 is 23.4 Å². The topological polar surface area (TPSA) is 43.1 Å². The number of halogens is 1. The van der Waals surface area contributed by atoms with E-state index >= 15 is 0 Å². The molecule has 0 radical (unpaired) electrons. The highest BCUT2D eigenvalue weighted by Gasteiger charge is 2.31. The van der Waals surface area contributed by atoms with Gasteiger partial charge in [-0.1, -0.05) is 11.6 Å². The molecule has 1 unspecified atom stereocenters. The lowest BCUT2D eigenvalue weighted by Crippen LogP contribution is -2.41. The van der Waals surface area contributed by atoms with Gasteiger partial charge in [0.1, 0.15) is 5.69 Å². The molecule has 3 rings (SSSR count). The zero-order valence-electron chi connectivity index (χ0n) is 12.7. The minimum absolute atomic E-state index is 0.0314. The second kappa shape index (κ2) is 6.38. The molecule has 118 valence electrons. The number of nitrogens with zero attached hydrogens (tertiary/aromatic N) is 4. The van der Waals surface area contributed by atoms with Crippen LogP contribution in [0.4, 0.5) is 0 Å². The maximum absolute atomic E-state index is 12.9. The smallest absolute Gasteiger partial charge is 0.271 e. The van der Waals surface area contributed by atoms with Crippen LogP contribution < -0.4 is 0 Å². The van der Waals surface area contributed by atoms with Crippen LogP contribution in [0.2, 0.25) is 5.02 Å². The monoisotopic (exact) mass is 338 g/mol. The van der Waals surface area contributed by atoms with Crippen LogP contribution in [0.25, 0.3) is 0 Å². The summed E-state index contributed by atoms with van der Waals surface area (Å²) in [5, 5.41) is 4.93. The number of aromatic nitrogens is 3. The van der Waals surface area contributed by atoms with E-state index in [2.05, 4.69) is 12.0 Å². The van der Waals surface area contributed by atoms with Crippen LogP contribution in [0.15, 0.2) is 24.7 Å². The summed E-state index contributed by atoms with van der Waals surface area (Å²) in [5.41, 5.74) is 1.73. The van der Waals surface area contributed by atoms with Crippen molar-refractivity contribution in [2.24, 2.45) is 7.05 Å². The van der Waals surface area contributed by atoms with Gasteiger partial charge in [-0.05, 0) is 13.0 Å². The second-order valence-corrected chi connectivity index (χ2v) is 6.96. The van der Waals surface area contributed by atoms with Gasteiger partial charge in [0.2, 0.25) is 0 Å². The Morgan fingerprint density at radius 3 is 2.95 bits per heavy atom. The normalized spacial score (nSPS) is 18.7. The summed E-state index contributed by atoms with van der Waals surface area (Å²) < 4.78 is 3.69. The average Bonchev–Trinajstić information content (AvgIpc) is 3.13. The third-order valence-corrected chi connectivity index (χ3v) is 5.17. The fourth-order valence-electron chi connectivity index (χ4n) is 2.73. The van der Waals surface area contributed by atoms with Crippen molar-refractivity contribution in [1.29, 1.82) is 0 Å². The minimum Gasteiger partial charge on any atom is -0.345 e. The van der Waals surface area contributed by atoms with Gasteiger partial charge in [0, 0.05) is 49.6 Å². The Morgan fingerprint density at radius 1 is 1.50 bits per heavy atom. The Morgan fingerprint density at radius 2 is 2.32 bits per heavy atom. The van der Waals surface area contributed by atoms with Crippen LogP contribution in [-0.4, -0.2) is 43.2 Å². The lowest BCUT2D eigenvalue weighted by atomic mass is 10.1. The maximum atomic E-state index is 12.9. The Labute approximate surface area is 139 Å². The second-order valence-electron chi connectivity index (χ2n) is 5.37. The summed E-state index contributed by atoms with van der Waals surface area (Å²) in [6, 6.07) is 1.80. The molecule has 7 heteroatoms. The molecule has 1 saturated heterocycles. The molecule has 1 atom stereocenters. The van der Waals surface area contributed by atoms with E-state index in [0.717, 1.165) is 30.2 Å². The zero-order chi connectivity index (χ0) is 15.7. The van der Waals surface area contributed by atoms with Gasteiger partial charge >= 0.3 is 0 Å². The molecule has 0 aromatic carbocycles. The SMILES string of the molecule is CCn1cc(C2CSCCN2C(=O)c2cc(Cl)cn2C)cn1. The van der Waals surface area contributed by atoms with Crippen molar-refractivity contribution in [3.8, 4) is 0 Å². The van der Waals surface area contributed by atoms with Crippen LogP contribution in [0, 0.1) is 0 Å². The van der Waals surface area contributed by atoms with Crippen LogP contribution in [0.1, 0.15) is 29.0 Å².